The molecule has 0 spiro atoms. The third-order valence-electron chi connectivity index (χ3n) is 4.89. The molecule has 2 aromatic rings. The van der Waals surface area contributed by atoms with Crippen LogP contribution in [-0.2, 0) is 13.9 Å². The summed E-state index contributed by atoms with van der Waals surface area (Å²) >= 11 is 6.10. The maximum Gasteiger partial charge on any atom is 0.471 e. The van der Waals surface area contributed by atoms with Crippen LogP contribution in [0.4, 0.5) is 18.9 Å². The number of carbonyl (C=O) groups is 1. The second-order valence-electron chi connectivity index (χ2n) is 10.3. The van der Waals surface area contributed by atoms with Crippen LogP contribution in [0.25, 0.3) is 10.8 Å². The molecular formula is C23H29ClF3NO4P2. The van der Waals surface area contributed by atoms with Gasteiger partial charge >= 0.3 is 19.4 Å². The standard InChI is InChI=1S/C23H29ClF3NO4P2/c1-21(2,3)32-34(30,33-22(4,5)6)31-18-11-17-19(16-10-8-7-9-15(16)18)14(12-24)13-28(17)20(29)23(25,26)27/h7-11,14,33H,12-13H2,1-6H3/t14-,34?/m1/s1. The first-order valence-electron chi connectivity index (χ1n) is 10.7. The molecule has 5 nitrogen and oxygen atoms in total. The number of amides is 1. The van der Waals surface area contributed by atoms with Gasteiger partial charge in [-0.3, -0.25) is 9.32 Å². The Kier molecular flexibility index (Phi) is 7.44. The summed E-state index contributed by atoms with van der Waals surface area (Å²) in [6.07, 6.45) is -5.05. The second-order valence-corrected chi connectivity index (χ2v) is 16.0. The minimum atomic E-state index is -5.05. The largest absolute Gasteiger partial charge is 0.471 e. The number of fused-ring (bicyclic) bond motifs is 3. The van der Waals surface area contributed by atoms with Crippen molar-refractivity contribution >= 4 is 49.5 Å². The lowest BCUT2D eigenvalue weighted by Crippen LogP contribution is -2.40. The van der Waals surface area contributed by atoms with Gasteiger partial charge in [-0.15, -0.1) is 11.6 Å². The van der Waals surface area contributed by atoms with Gasteiger partial charge in [-0.2, -0.15) is 13.2 Å². The van der Waals surface area contributed by atoms with Crippen LogP contribution in [0.15, 0.2) is 30.3 Å². The van der Waals surface area contributed by atoms with E-state index in [0.717, 1.165) is 0 Å². The first-order valence-corrected chi connectivity index (χ1v) is 14.7. The van der Waals surface area contributed by atoms with Gasteiger partial charge in [-0.05, 0) is 36.9 Å². The Hall–Kier alpha value is -1.33. The van der Waals surface area contributed by atoms with Crippen LogP contribution in [0.5, 0.6) is 5.75 Å². The van der Waals surface area contributed by atoms with Crippen molar-refractivity contribution in [1.82, 2.24) is 0 Å². The fourth-order valence-electron chi connectivity index (χ4n) is 3.92. The quantitative estimate of drug-likeness (QED) is 0.288. The number of alkyl halides is 4. The zero-order valence-electron chi connectivity index (χ0n) is 19.9. The van der Waals surface area contributed by atoms with Gasteiger partial charge in [-0.25, -0.2) is 4.57 Å². The zero-order valence-corrected chi connectivity index (χ0v) is 22.6. The van der Waals surface area contributed by atoms with Crippen LogP contribution in [-0.4, -0.2) is 35.3 Å². The average Bonchev–Trinajstić information content (AvgIpc) is 3.02. The molecule has 11 heteroatoms. The molecular weight excluding hydrogens is 509 g/mol. The molecule has 0 aromatic heterocycles. The fraction of sp³-hybridized carbons (Fsp3) is 0.522. The highest BCUT2D eigenvalue weighted by atomic mass is 35.5. The van der Waals surface area contributed by atoms with Crippen LogP contribution in [0.2, 0.25) is 0 Å². The van der Waals surface area contributed by atoms with E-state index in [1.165, 1.54) is 6.07 Å². The summed E-state index contributed by atoms with van der Waals surface area (Å²) in [4.78, 5) is 12.9. The van der Waals surface area contributed by atoms with Gasteiger partial charge in [-0.1, -0.05) is 45.0 Å². The minimum absolute atomic E-state index is 0.0376. The van der Waals surface area contributed by atoms with E-state index in [1.54, 1.807) is 45.0 Å². The number of carbonyl (C=O) groups excluding carboxylic acids is 1. The molecule has 0 N–H and O–H groups in total. The summed E-state index contributed by atoms with van der Waals surface area (Å²) in [7, 11) is -3.96. The predicted octanol–water partition coefficient (Wildman–Crippen LogP) is 7.85. The summed E-state index contributed by atoms with van der Waals surface area (Å²) < 4.78 is 66.0. The molecule has 2 aromatic carbocycles. The van der Waals surface area contributed by atoms with E-state index in [0.29, 0.717) is 21.2 Å². The molecule has 3 rings (SSSR count). The Labute approximate surface area is 204 Å². The fourth-order valence-corrected chi connectivity index (χ4v) is 10.1. The lowest BCUT2D eigenvalue weighted by Gasteiger charge is -2.32. The van der Waals surface area contributed by atoms with Crippen molar-refractivity contribution in [2.45, 2.75) is 64.4 Å². The van der Waals surface area contributed by atoms with E-state index in [9.17, 15) is 22.5 Å². The van der Waals surface area contributed by atoms with Crippen molar-refractivity contribution in [2.75, 3.05) is 17.3 Å². The molecule has 0 radical (unpaired) electrons. The number of halogens is 4. The Morgan fingerprint density at radius 3 is 2.24 bits per heavy atom. The van der Waals surface area contributed by atoms with E-state index in [4.69, 9.17) is 20.6 Å². The molecule has 0 saturated carbocycles. The van der Waals surface area contributed by atoms with Gasteiger partial charge in [0.2, 0.25) is 0 Å². The van der Waals surface area contributed by atoms with Crippen LogP contribution < -0.4 is 9.42 Å². The van der Waals surface area contributed by atoms with Gasteiger partial charge in [0.15, 0.2) is 0 Å². The Balaban J connectivity index is 2.22. The first kappa shape index (κ1) is 27.3. The van der Waals surface area contributed by atoms with Gasteiger partial charge in [0.1, 0.15) is 5.75 Å². The summed E-state index contributed by atoms with van der Waals surface area (Å²) in [5, 5.41) is 0.767. The summed E-state index contributed by atoms with van der Waals surface area (Å²) in [6.45, 7) is 10.8. The number of rotatable bonds is 5. The molecule has 34 heavy (non-hydrogen) atoms. The van der Waals surface area contributed by atoms with Crippen molar-refractivity contribution in [3.8, 4) is 5.75 Å². The number of anilines is 1. The van der Waals surface area contributed by atoms with E-state index in [2.05, 4.69) is 0 Å². The summed E-state index contributed by atoms with van der Waals surface area (Å²) in [5.74, 6) is -2.33. The van der Waals surface area contributed by atoms with E-state index >= 15 is 0 Å². The topological polar surface area (TPSA) is 55.8 Å². The van der Waals surface area contributed by atoms with Crippen molar-refractivity contribution in [2.24, 2.45) is 0 Å². The molecule has 0 aliphatic carbocycles. The molecule has 3 atom stereocenters. The highest BCUT2D eigenvalue weighted by Gasteiger charge is 2.47. The van der Waals surface area contributed by atoms with Crippen LogP contribution in [0.3, 0.4) is 0 Å². The third kappa shape index (κ3) is 6.07. The SMILES string of the molecule is CC(C)(C)OP(=O)(Oc1cc2c(c3ccccc13)[C@H](CCl)CN2C(=O)C(F)(F)F)PC(C)(C)C. The molecule has 0 fully saturated rings. The highest BCUT2D eigenvalue weighted by Crippen LogP contribution is 2.71. The monoisotopic (exact) mass is 537 g/mol. The lowest BCUT2D eigenvalue weighted by molar-refractivity contribution is -0.170. The van der Waals surface area contributed by atoms with Gasteiger partial charge < -0.3 is 9.42 Å². The van der Waals surface area contributed by atoms with Gasteiger partial charge in [0.25, 0.3) is 0 Å². The first-order chi connectivity index (χ1) is 15.4. The molecule has 2 unspecified atom stereocenters. The summed E-state index contributed by atoms with van der Waals surface area (Å²) in [5.41, 5.74) is -0.189. The van der Waals surface area contributed by atoms with Gasteiger partial charge in [0, 0.05) is 38.1 Å². The van der Waals surface area contributed by atoms with Crippen molar-refractivity contribution in [3.63, 3.8) is 0 Å². The van der Waals surface area contributed by atoms with Crippen LogP contribution in [0, 0.1) is 0 Å². The van der Waals surface area contributed by atoms with E-state index in [-0.39, 0.29) is 32.1 Å². The maximum atomic E-state index is 13.9. The molecule has 1 aliphatic rings. The molecule has 0 saturated heterocycles. The zero-order chi connectivity index (χ0) is 25.7. The normalized spacial score (nSPS) is 19.0. The molecule has 0 bridgehead atoms. The number of nitrogens with zero attached hydrogens (tertiary/aromatic N) is 1. The van der Waals surface area contributed by atoms with Crippen molar-refractivity contribution in [3.05, 3.63) is 35.9 Å². The van der Waals surface area contributed by atoms with E-state index < -0.39 is 36.0 Å². The Morgan fingerprint density at radius 1 is 1.15 bits per heavy atom. The van der Waals surface area contributed by atoms with Gasteiger partial charge in [0.05, 0.1) is 11.3 Å². The molecule has 1 aliphatic heterocycles. The summed E-state index contributed by atoms with van der Waals surface area (Å²) in [6, 6.07) is 8.34. The highest BCUT2D eigenvalue weighted by molar-refractivity contribution is 8.20. The Morgan fingerprint density at radius 2 is 1.74 bits per heavy atom. The number of hydrogen-bond acceptors (Lipinski definition) is 4. The lowest BCUT2D eigenvalue weighted by atomic mass is 9.95. The van der Waals surface area contributed by atoms with E-state index in [1.807, 2.05) is 20.8 Å². The van der Waals surface area contributed by atoms with Crippen LogP contribution in [0.1, 0.15) is 53.0 Å². The smallest absolute Gasteiger partial charge is 0.421 e. The van der Waals surface area contributed by atoms with Crippen LogP contribution >= 0.6 is 27.2 Å². The molecule has 1 amide bonds. The third-order valence-corrected chi connectivity index (χ3v) is 10.8. The predicted molar refractivity (Wildman–Crippen MR) is 133 cm³/mol. The van der Waals surface area contributed by atoms with Crippen molar-refractivity contribution < 1.29 is 31.6 Å². The average molecular weight is 538 g/mol. The Bertz CT molecular complexity index is 1120. The molecule has 188 valence electrons. The number of hydrogen-bond donors (Lipinski definition) is 0. The maximum absolute atomic E-state index is 13.9. The molecule has 1 heterocycles. The van der Waals surface area contributed by atoms with Crippen molar-refractivity contribution in [1.29, 1.82) is 0 Å². The number of benzene rings is 2. The minimum Gasteiger partial charge on any atom is -0.421 e. The second kappa shape index (κ2) is 9.28.